The molecular formula is C58H78N2O10. The van der Waals surface area contributed by atoms with E-state index in [0.29, 0.717) is 59.4 Å². The van der Waals surface area contributed by atoms with Gasteiger partial charge < -0.3 is 39.8 Å². The highest BCUT2D eigenvalue weighted by molar-refractivity contribution is 5.83. The second kappa shape index (κ2) is 21.5. The molecule has 4 aromatic rings. The minimum absolute atomic E-state index is 0.0916. The van der Waals surface area contributed by atoms with Crippen LogP contribution >= 0.6 is 0 Å². The van der Waals surface area contributed by atoms with Crippen molar-refractivity contribution in [2.45, 2.75) is 170 Å². The molecule has 0 radical (unpaired) electrons. The highest BCUT2D eigenvalue weighted by atomic mass is 16.6. The fourth-order valence-electron chi connectivity index (χ4n) is 8.56. The average Bonchev–Trinajstić information content (AvgIpc) is 3.22. The Hall–Kier alpha value is -6.04. The van der Waals surface area contributed by atoms with Crippen LogP contribution in [0.3, 0.4) is 0 Å². The minimum atomic E-state index is -0.971. The summed E-state index contributed by atoms with van der Waals surface area (Å²) in [5.41, 5.74) is 9.13. The maximum absolute atomic E-state index is 12.9. The Kier molecular flexibility index (Phi) is 16.9. The number of amides is 2. The molecule has 4 N–H and O–H groups in total. The predicted octanol–water partition coefficient (Wildman–Crippen LogP) is 9.86. The van der Waals surface area contributed by atoms with E-state index < -0.39 is 36.0 Å². The minimum Gasteiger partial charge on any atom is -0.507 e. The van der Waals surface area contributed by atoms with Gasteiger partial charge in [-0.3, -0.25) is 19.2 Å². The van der Waals surface area contributed by atoms with Crippen LogP contribution in [0, 0.1) is 0 Å². The van der Waals surface area contributed by atoms with E-state index in [2.05, 4.69) is 142 Å². The zero-order valence-corrected chi connectivity index (χ0v) is 44.6. The number of fused-ring (bicyclic) bond motifs is 8. The fraction of sp³-hybridized carbons (Fsp3) is 0.517. The molecule has 2 atom stereocenters. The third-order valence-electron chi connectivity index (χ3n) is 12.7. The molecule has 0 aromatic heterocycles. The van der Waals surface area contributed by atoms with Crippen molar-refractivity contribution in [2.75, 3.05) is 26.3 Å². The summed E-state index contributed by atoms with van der Waals surface area (Å²) in [5, 5.41) is 30.8. The number of ether oxygens (including phenoxy) is 4. The largest absolute Gasteiger partial charge is 0.507 e. The van der Waals surface area contributed by atoms with E-state index in [4.69, 9.17) is 18.9 Å². The molecule has 0 spiro atoms. The lowest BCUT2D eigenvalue weighted by atomic mass is 9.79. The molecule has 1 aliphatic carbocycles. The molecule has 0 aliphatic heterocycles. The quantitative estimate of drug-likeness (QED) is 0.0698. The Morgan fingerprint density at radius 3 is 0.900 bits per heavy atom. The van der Waals surface area contributed by atoms with Gasteiger partial charge in [-0.2, -0.15) is 0 Å². The van der Waals surface area contributed by atoms with Crippen molar-refractivity contribution in [1.29, 1.82) is 0 Å². The van der Waals surface area contributed by atoms with Crippen molar-refractivity contribution in [3.8, 4) is 23.0 Å². The van der Waals surface area contributed by atoms with Crippen molar-refractivity contribution in [3.63, 3.8) is 0 Å². The van der Waals surface area contributed by atoms with Gasteiger partial charge in [0, 0.05) is 39.5 Å². The maximum Gasteiger partial charge on any atom is 0.303 e. The Labute approximate surface area is 416 Å². The number of aromatic hydroxyl groups is 2. The first-order valence-electron chi connectivity index (χ1n) is 24.5. The summed E-state index contributed by atoms with van der Waals surface area (Å²) < 4.78 is 23.7. The number of hydrogen-bond acceptors (Lipinski definition) is 10. The zero-order chi connectivity index (χ0) is 52.3. The van der Waals surface area contributed by atoms with Crippen molar-refractivity contribution >= 4 is 23.8 Å². The summed E-state index contributed by atoms with van der Waals surface area (Å²) in [6.07, 6.45) is -0.750. The van der Waals surface area contributed by atoms with Crippen molar-refractivity contribution in [3.05, 3.63) is 115 Å². The van der Waals surface area contributed by atoms with Crippen LogP contribution in [0.2, 0.25) is 0 Å². The zero-order valence-electron chi connectivity index (χ0n) is 44.6. The number of carbonyl (C=O) groups is 4. The molecule has 0 saturated heterocycles. The molecule has 0 fully saturated rings. The van der Waals surface area contributed by atoms with Crippen molar-refractivity contribution < 1.29 is 48.3 Å². The van der Waals surface area contributed by atoms with E-state index in [-0.39, 0.29) is 59.5 Å². The predicted molar refractivity (Wildman–Crippen MR) is 275 cm³/mol. The normalized spacial score (nSPS) is 13.9. The van der Waals surface area contributed by atoms with E-state index in [1.807, 2.05) is 0 Å². The van der Waals surface area contributed by atoms with E-state index in [9.17, 15) is 29.4 Å². The van der Waals surface area contributed by atoms with Gasteiger partial charge in [0.05, 0.1) is 13.1 Å². The van der Waals surface area contributed by atoms with E-state index >= 15 is 0 Å². The number of nitrogens with one attached hydrogen (secondary N) is 2. The van der Waals surface area contributed by atoms with Crippen LogP contribution in [0.5, 0.6) is 23.0 Å². The summed E-state index contributed by atoms with van der Waals surface area (Å²) >= 11 is 0. The summed E-state index contributed by atoms with van der Waals surface area (Å²) in [5.74, 6) is -0.494. The average molecular weight is 963 g/mol. The summed E-state index contributed by atoms with van der Waals surface area (Å²) in [4.78, 5) is 48.9. The van der Waals surface area contributed by atoms with Crippen LogP contribution < -0.4 is 20.1 Å². The van der Waals surface area contributed by atoms with Crippen LogP contribution in [-0.2, 0) is 76.0 Å². The van der Waals surface area contributed by atoms with E-state index in [1.165, 1.54) is 27.7 Å². The number of rotatable bonds is 12. The van der Waals surface area contributed by atoms with Crippen LogP contribution in [-0.4, -0.2) is 72.5 Å². The lowest BCUT2D eigenvalue weighted by molar-refractivity contribution is -0.152. The fourth-order valence-corrected chi connectivity index (χ4v) is 8.56. The highest BCUT2D eigenvalue weighted by Crippen LogP contribution is 2.44. The van der Waals surface area contributed by atoms with Gasteiger partial charge in [-0.05, 0) is 102 Å². The second-order valence-electron chi connectivity index (χ2n) is 23.0. The molecule has 1 aliphatic rings. The van der Waals surface area contributed by atoms with Gasteiger partial charge in [-0.15, -0.1) is 0 Å². The van der Waals surface area contributed by atoms with Gasteiger partial charge in [0.2, 0.25) is 0 Å². The van der Waals surface area contributed by atoms with Gasteiger partial charge in [-0.1, -0.05) is 132 Å². The van der Waals surface area contributed by atoms with Gasteiger partial charge in [0.1, 0.15) is 36.2 Å². The number of phenolic OH excluding ortho intramolecular Hbond substituents is 2. The van der Waals surface area contributed by atoms with Crippen molar-refractivity contribution in [1.82, 2.24) is 10.6 Å². The topological polar surface area (TPSA) is 170 Å². The van der Waals surface area contributed by atoms with E-state index in [0.717, 1.165) is 44.5 Å². The van der Waals surface area contributed by atoms with Gasteiger partial charge in [0.15, 0.2) is 12.2 Å². The van der Waals surface area contributed by atoms with Gasteiger partial charge >= 0.3 is 11.9 Å². The molecule has 380 valence electrons. The van der Waals surface area contributed by atoms with Crippen molar-refractivity contribution in [2.24, 2.45) is 0 Å². The maximum atomic E-state index is 12.9. The number of carbonyl (C=O) groups excluding carboxylic acids is 4. The molecule has 70 heavy (non-hydrogen) atoms. The number of hydrogen-bond donors (Lipinski definition) is 4. The Bertz CT molecular complexity index is 2320. The Morgan fingerprint density at radius 1 is 0.457 bits per heavy atom. The molecule has 12 heteroatoms. The summed E-state index contributed by atoms with van der Waals surface area (Å²) in [6.45, 7) is 31.8. The molecule has 8 bridgehead atoms. The lowest BCUT2D eigenvalue weighted by Gasteiger charge is -2.28. The van der Waals surface area contributed by atoms with Crippen LogP contribution in [0.15, 0.2) is 48.5 Å². The number of phenols is 2. The first-order chi connectivity index (χ1) is 32.3. The highest BCUT2D eigenvalue weighted by Gasteiger charge is 2.29. The molecule has 4 aromatic carbocycles. The van der Waals surface area contributed by atoms with E-state index in [1.54, 1.807) is 0 Å². The molecule has 2 amide bonds. The molecule has 12 nitrogen and oxygen atoms in total. The third-order valence-corrected chi connectivity index (χ3v) is 12.7. The Morgan fingerprint density at radius 2 is 0.686 bits per heavy atom. The smallest absolute Gasteiger partial charge is 0.303 e. The van der Waals surface area contributed by atoms with Crippen LogP contribution in [0.1, 0.15) is 178 Å². The molecular weight excluding hydrogens is 885 g/mol. The molecule has 0 saturated carbocycles. The van der Waals surface area contributed by atoms with Crippen LogP contribution in [0.4, 0.5) is 0 Å². The first kappa shape index (κ1) is 54.9. The monoisotopic (exact) mass is 963 g/mol. The number of benzene rings is 4. The molecule has 0 heterocycles. The SMILES string of the molecule is CC(=O)O[C@H](C)C(=O)NCCOc1c2cc(C(C)(C)C)cc1Cc1cc(C(C)(C)C)cc(c1O)Cc1cc(C(C)(C)C)cc(c1OCCNC(=O)[C@@H](C)OC(C)=O)Cc1cc(C(C)(C)C)cc(c1O)C2. The third kappa shape index (κ3) is 14.1. The second-order valence-corrected chi connectivity index (χ2v) is 23.0. The first-order valence-corrected chi connectivity index (χ1v) is 24.5. The molecule has 5 rings (SSSR count). The summed E-state index contributed by atoms with van der Waals surface area (Å²) in [6, 6.07) is 16.9. The number of esters is 2. The van der Waals surface area contributed by atoms with Gasteiger partial charge in [-0.25, -0.2) is 0 Å². The van der Waals surface area contributed by atoms with Gasteiger partial charge in [0.25, 0.3) is 11.8 Å². The lowest BCUT2D eigenvalue weighted by Crippen LogP contribution is -2.37. The van der Waals surface area contributed by atoms with Crippen LogP contribution in [0.25, 0.3) is 0 Å². The standard InChI is InChI=1S/C58H78N2O10/c1-33(69-35(3)61)53(65)59-17-19-67-51-41-21-37-25-45(55(5,6)7)27-39(49(37)63)23-43-31-48(58(14,15)16)32-44(52(43)68-20-18-60-54(66)34(2)70-36(4)62)24-40-28-46(56(8,9)10)26-38(50(40)64)22-42(51)30-47(29-41)57(11,12)13/h25-34,63-64H,17-24H2,1-16H3,(H,59,65)(H,60,66)/t33-,34-/m1/s1. The Balaban J connectivity index is 1.79. The molecule has 0 unspecified atom stereocenters. The summed E-state index contributed by atoms with van der Waals surface area (Å²) in [7, 11) is 0.